The second kappa shape index (κ2) is 9.59. The Bertz CT molecular complexity index is 1000. The Hall–Kier alpha value is -1.75. The Morgan fingerprint density at radius 2 is 2.13 bits per heavy atom. The maximum absolute atomic E-state index is 11.2. The minimum Gasteiger partial charge on any atom is -0.497 e. The monoisotopic (exact) mass is 456 g/mol. The summed E-state index contributed by atoms with van der Waals surface area (Å²) in [5.74, 6) is 2.01. The molecule has 0 spiro atoms. The van der Waals surface area contributed by atoms with E-state index in [0.29, 0.717) is 11.8 Å². The van der Waals surface area contributed by atoms with Crippen LogP contribution in [0.15, 0.2) is 43.1 Å². The van der Waals surface area contributed by atoms with Crippen molar-refractivity contribution >= 4 is 33.2 Å². The van der Waals surface area contributed by atoms with Crippen molar-refractivity contribution in [1.82, 2.24) is 9.88 Å². The highest BCUT2D eigenvalue weighted by atomic mass is 35.5. The number of benzene rings is 1. The Balaban J connectivity index is 0.000000377. The molecule has 2 unspecified atom stereocenters. The molecule has 2 aromatic rings. The molecule has 3 saturated heterocycles. The van der Waals surface area contributed by atoms with Gasteiger partial charge in [-0.2, -0.15) is 8.42 Å². The van der Waals surface area contributed by atoms with Crippen molar-refractivity contribution in [2.24, 2.45) is 11.8 Å². The lowest BCUT2D eigenvalue weighted by atomic mass is 9.73. The molecule has 30 heavy (non-hydrogen) atoms. The number of pyridine rings is 1. The zero-order valence-electron chi connectivity index (χ0n) is 16.5. The molecule has 0 radical (unpaired) electrons. The number of aromatic nitrogens is 1. The summed E-state index contributed by atoms with van der Waals surface area (Å²) in [6.45, 7) is 6.07. The van der Waals surface area contributed by atoms with Crippen molar-refractivity contribution in [1.29, 1.82) is 0 Å². The Morgan fingerprint density at radius 1 is 1.40 bits per heavy atom. The van der Waals surface area contributed by atoms with Crippen molar-refractivity contribution in [3.8, 4) is 5.75 Å². The first-order chi connectivity index (χ1) is 14.3. The number of methoxy groups -OCH3 is 1. The molecule has 4 heterocycles. The fraction of sp³-hybridized carbons (Fsp3) is 0.450. The SMILES string of the molecule is C=C[C@@H]1CN2CCC1C[C@@H]2[C@H](O)c1ccnc2ccc(OC)cc12.O=S(=O)(O)OCl. The van der Waals surface area contributed by atoms with Crippen LogP contribution in [0, 0.1) is 11.8 Å². The smallest absolute Gasteiger partial charge is 0.413 e. The molecule has 3 aliphatic heterocycles. The minimum absolute atomic E-state index is 0.178. The molecule has 1 aromatic heterocycles. The van der Waals surface area contributed by atoms with Gasteiger partial charge >= 0.3 is 10.4 Å². The minimum atomic E-state index is -4.40. The van der Waals surface area contributed by atoms with Gasteiger partial charge in [0.05, 0.1) is 30.6 Å². The molecule has 10 heteroatoms. The van der Waals surface area contributed by atoms with Crippen LogP contribution in [-0.2, 0) is 14.1 Å². The van der Waals surface area contributed by atoms with Crippen molar-refractivity contribution in [3.05, 3.63) is 48.7 Å². The Morgan fingerprint density at radius 3 is 2.70 bits per heavy atom. The molecule has 5 atom stereocenters. The third kappa shape index (κ3) is 5.11. The van der Waals surface area contributed by atoms with Crippen LogP contribution in [0.4, 0.5) is 0 Å². The summed E-state index contributed by atoms with van der Waals surface area (Å²) in [6, 6.07) is 7.96. The van der Waals surface area contributed by atoms with E-state index >= 15 is 0 Å². The molecule has 8 nitrogen and oxygen atoms in total. The number of hydrogen-bond acceptors (Lipinski definition) is 7. The maximum Gasteiger partial charge on any atom is 0.413 e. The van der Waals surface area contributed by atoms with Gasteiger partial charge in [0, 0.05) is 24.2 Å². The van der Waals surface area contributed by atoms with E-state index in [9.17, 15) is 13.5 Å². The lowest BCUT2D eigenvalue weighted by molar-refractivity contribution is -0.0444. The molecule has 2 N–H and O–H groups in total. The molecular weight excluding hydrogens is 432 g/mol. The number of nitrogens with zero attached hydrogens (tertiary/aromatic N) is 2. The predicted molar refractivity (Wildman–Crippen MR) is 114 cm³/mol. The first-order valence-corrected chi connectivity index (χ1v) is 11.2. The summed E-state index contributed by atoms with van der Waals surface area (Å²) < 4.78 is 34.1. The van der Waals surface area contributed by atoms with Gasteiger partial charge in [-0.15, -0.1) is 10.3 Å². The molecule has 3 aliphatic rings. The summed E-state index contributed by atoms with van der Waals surface area (Å²) in [7, 11) is -2.74. The van der Waals surface area contributed by atoms with Crippen LogP contribution < -0.4 is 4.74 Å². The van der Waals surface area contributed by atoms with Gasteiger partial charge in [-0.1, -0.05) is 6.08 Å². The Labute approximate surface area is 181 Å². The second-order valence-corrected chi connectivity index (χ2v) is 8.82. The van der Waals surface area contributed by atoms with Crippen LogP contribution in [0.3, 0.4) is 0 Å². The molecular formula is C20H25ClN2O6S. The fourth-order valence-corrected chi connectivity index (χ4v) is 4.44. The van der Waals surface area contributed by atoms with Crippen LogP contribution in [0.25, 0.3) is 10.9 Å². The zero-order valence-corrected chi connectivity index (χ0v) is 18.1. The third-order valence-electron chi connectivity index (χ3n) is 5.90. The standard InChI is InChI=1S/C20H24N2O2.ClHO4S/c1-3-13-12-22-9-7-14(13)10-19(22)20(23)16-6-8-21-18-5-4-15(24-2)11-17(16)18;1-5-6(2,3)4/h3-6,8,11,13-14,19-20,23H,1,7,9-10,12H2,2H3;(H,2,3,4)/t13-,14?,19-,20-;/m1./s1. The van der Waals surface area contributed by atoms with Gasteiger partial charge in [0.1, 0.15) is 5.75 Å². The van der Waals surface area contributed by atoms with Crippen LogP contribution in [0.5, 0.6) is 5.75 Å². The van der Waals surface area contributed by atoms with Gasteiger partial charge in [0.25, 0.3) is 0 Å². The van der Waals surface area contributed by atoms with E-state index in [1.54, 1.807) is 13.3 Å². The van der Waals surface area contributed by atoms with Crippen LogP contribution in [-0.4, -0.2) is 54.2 Å². The first kappa shape index (κ1) is 22.9. The van der Waals surface area contributed by atoms with Crippen molar-refractivity contribution in [2.45, 2.75) is 25.0 Å². The topological polar surface area (TPSA) is 109 Å². The average molecular weight is 457 g/mol. The molecule has 0 saturated carbocycles. The fourth-order valence-electron chi connectivity index (χ4n) is 4.44. The summed E-state index contributed by atoms with van der Waals surface area (Å²) in [6.07, 6.45) is 5.62. The van der Waals surface area contributed by atoms with E-state index in [4.69, 9.17) is 9.29 Å². The van der Waals surface area contributed by atoms with Gasteiger partial charge in [-0.3, -0.25) is 14.4 Å². The molecule has 5 rings (SSSR count). The van der Waals surface area contributed by atoms with E-state index in [-0.39, 0.29) is 6.04 Å². The Kier molecular flexibility index (Phi) is 7.33. The van der Waals surface area contributed by atoms with E-state index in [1.165, 1.54) is 6.42 Å². The predicted octanol–water partition coefficient (Wildman–Crippen LogP) is 3.13. The average Bonchev–Trinajstić information content (AvgIpc) is 2.77. The number of ether oxygens (including phenoxy) is 1. The summed E-state index contributed by atoms with van der Waals surface area (Å²) in [4.78, 5) is 6.86. The molecule has 0 aliphatic carbocycles. The van der Waals surface area contributed by atoms with Crippen molar-refractivity contribution < 1.29 is 26.5 Å². The number of aliphatic hydroxyl groups excluding tert-OH is 1. The number of halogens is 1. The van der Waals surface area contributed by atoms with E-state index < -0.39 is 16.5 Å². The lowest BCUT2D eigenvalue weighted by Crippen LogP contribution is -2.54. The van der Waals surface area contributed by atoms with Crippen molar-refractivity contribution in [3.63, 3.8) is 0 Å². The van der Waals surface area contributed by atoms with E-state index in [0.717, 1.165) is 41.7 Å². The normalized spacial score (nSPS) is 26.5. The van der Waals surface area contributed by atoms with E-state index in [2.05, 4.69) is 38.1 Å². The highest BCUT2D eigenvalue weighted by Gasteiger charge is 2.42. The highest BCUT2D eigenvalue weighted by molar-refractivity contribution is 7.81. The maximum atomic E-state index is 11.2. The summed E-state index contributed by atoms with van der Waals surface area (Å²) >= 11 is 4.14. The molecule has 2 bridgehead atoms. The summed E-state index contributed by atoms with van der Waals surface area (Å²) in [5.41, 5.74) is 1.85. The van der Waals surface area contributed by atoms with Gasteiger partial charge in [-0.25, -0.2) is 0 Å². The summed E-state index contributed by atoms with van der Waals surface area (Å²) in [5, 5.41) is 12.1. The number of piperidine rings is 3. The lowest BCUT2D eigenvalue weighted by Gasteiger charge is -2.50. The molecule has 3 fully saturated rings. The number of rotatable bonds is 5. The molecule has 0 amide bonds. The quantitative estimate of drug-likeness (QED) is 0.521. The van der Waals surface area contributed by atoms with E-state index in [1.807, 2.05) is 24.3 Å². The van der Waals surface area contributed by atoms with Crippen LogP contribution >= 0.6 is 11.9 Å². The van der Waals surface area contributed by atoms with Crippen molar-refractivity contribution in [2.75, 3.05) is 20.2 Å². The highest BCUT2D eigenvalue weighted by Crippen LogP contribution is 2.42. The van der Waals surface area contributed by atoms with Gasteiger partial charge in [-0.05, 0) is 61.1 Å². The van der Waals surface area contributed by atoms with Gasteiger partial charge in [0.15, 0.2) is 0 Å². The van der Waals surface area contributed by atoms with Crippen LogP contribution in [0.1, 0.15) is 24.5 Å². The van der Waals surface area contributed by atoms with Gasteiger partial charge in [0.2, 0.25) is 0 Å². The molecule has 164 valence electrons. The van der Waals surface area contributed by atoms with Crippen LogP contribution in [0.2, 0.25) is 0 Å². The zero-order chi connectivity index (χ0) is 21.9. The number of hydrogen-bond donors (Lipinski definition) is 2. The second-order valence-electron chi connectivity index (χ2n) is 7.47. The number of fused-ring (bicyclic) bond motifs is 4. The largest absolute Gasteiger partial charge is 0.497 e. The molecule has 1 aromatic carbocycles. The third-order valence-corrected chi connectivity index (χ3v) is 6.54. The first-order valence-electron chi connectivity index (χ1n) is 9.52. The number of aliphatic hydroxyl groups is 1. The van der Waals surface area contributed by atoms with Gasteiger partial charge < -0.3 is 9.84 Å².